The third kappa shape index (κ3) is 6.15. The highest BCUT2D eigenvalue weighted by molar-refractivity contribution is 7.89. The molecule has 33 heavy (non-hydrogen) atoms. The molecule has 8 heteroatoms. The molecule has 2 heterocycles. The Balaban J connectivity index is 1.37. The zero-order valence-corrected chi connectivity index (χ0v) is 20.5. The zero-order valence-electron chi connectivity index (χ0n) is 18.9. The van der Waals surface area contributed by atoms with Crippen molar-refractivity contribution in [2.24, 2.45) is 5.92 Å². The van der Waals surface area contributed by atoms with Crippen molar-refractivity contribution < 1.29 is 13.2 Å². The first-order valence-corrected chi connectivity index (χ1v) is 13.6. The number of piperidine rings is 2. The Morgan fingerprint density at radius 1 is 0.939 bits per heavy atom. The van der Waals surface area contributed by atoms with E-state index in [0.29, 0.717) is 31.0 Å². The van der Waals surface area contributed by atoms with Crippen LogP contribution in [0.25, 0.3) is 0 Å². The summed E-state index contributed by atoms with van der Waals surface area (Å²) in [4.78, 5) is 15.7. The van der Waals surface area contributed by atoms with Gasteiger partial charge in [-0.25, -0.2) is 8.42 Å². The molecule has 2 aromatic carbocycles. The van der Waals surface area contributed by atoms with Crippen molar-refractivity contribution in [3.63, 3.8) is 0 Å². The number of rotatable bonds is 7. The molecule has 2 saturated heterocycles. The predicted molar refractivity (Wildman–Crippen MR) is 130 cm³/mol. The summed E-state index contributed by atoms with van der Waals surface area (Å²) in [6.45, 7) is 4.24. The van der Waals surface area contributed by atoms with E-state index in [0.717, 1.165) is 25.2 Å². The van der Waals surface area contributed by atoms with Crippen molar-refractivity contribution in [1.82, 2.24) is 14.5 Å². The minimum atomic E-state index is -3.65. The highest BCUT2D eigenvalue weighted by Gasteiger charge is 2.33. The number of halogens is 1. The van der Waals surface area contributed by atoms with Gasteiger partial charge in [0.05, 0.1) is 10.8 Å². The van der Waals surface area contributed by atoms with Gasteiger partial charge in [-0.2, -0.15) is 4.31 Å². The van der Waals surface area contributed by atoms with Crippen molar-refractivity contribution in [2.75, 3.05) is 26.2 Å². The van der Waals surface area contributed by atoms with Gasteiger partial charge < -0.3 is 5.32 Å². The molecule has 1 amide bonds. The fourth-order valence-electron chi connectivity index (χ4n) is 4.70. The number of sulfonamides is 1. The fourth-order valence-corrected chi connectivity index (χ4v) is 6.35. The van der Waals surface area contributed by atoms with Crippen LogP contribution in [0, 0.1) is 5.92 Å². The molecule has 0 saturated carbocycles. The molecule has 0 unspecified atom stereocenters. The molecule has 2 aliphatic rings. The average molecular weight is 490 g/mol. The van der Waals surface area contributed by atoms with Gasteiger partial charge in [-0.05, 0) is 74.2 Å². The monoisotopic (exact) mass is 489 g/mol. The molecule has 2 aliphatic heterocycles. The molecule has 0 spiro atoms. The number of carbonyl (C=O) groups excluding carboxylic acids is 1. The lowest BCUT2D eigenvalue weighted by Crippen LogP contribution is -2.45. The number of carbonyl (C=O) groups is 1. The third-order valence-electron chi connectivity index (χ3n) is 6.62. The number of nitrogens with one attached hydrogen (secondary N) is 1. The minimum Gasteiger partial charge on any atom is -0.352 e. The molecule has 0 aliphatic carbocycles. The molecular formula is C25H32ClN3O3S. The van der Waals surface area contributed by atoms with Gasteiger partial charge in [-0.1, -0.05) is 42.3 Å². The maximum atomic E-state index is 13.0. The lowest BCUT2D eigenvalue weighted by atomic mass is 9.98. The molecule has 1 N–H and O–H groups in total. The Hall–Kier alpha value is -1.93. The van der Waals surface area contributed by atoms with Gasteiger partial charge in [-0.15, -0.1) is 0 Å². The van der Waals surface area contributed by atoms with E-state index in [2.05, 4.69) is 22.3 Å². The normalized spacial score (nSPS) is 20.5. The van der Waals surface area contributed by atoms with Crippen LogP contribution in [0.1, 0.15) is 43.2 Å². The summed E-state index contributed by atoms with van der Waals surface area (Å²) in [6.07, 6.45) is 5.15. The van der Waals surface area contributed by atoms with Crippen molar-refractivity contribution in [1.29, 1.82) is 0 Å². The third-order valence-corrected chi connectivity index (χ3v) is 8.75. The molecule has 178 valence electrons. The highest BCUT2D eigenvalue weighted by atomic mass is 35.5. The second-order valence-corrected chi connectivity index (χ2v) is 11.4. The van der Waals surface area contributed by atoms with Gasteiger partial charge in [0.25, 0.3) is 0 Å². The van der Waals surface area contributed by atoms with Crippen LogP contribution in [0.4, 0.5) is 0 Å². The van der Waals surface area contributed by atoms with Crippen LogP contribution in [0.15, 0.2) is 53.4 Å². The molecule has 0 radical (unpaired) electrons. The quantitative estimate of drug-likeness (QED) is 0.637. The Morgan fingerprint density at radius 2 is 1.64 bits per heavy atom. The Kier molecular flexibility index (Phi) is 8.07. The Morgan fingerprint density at radius 3 is 2.36 bits per heavy atom. The van der Waals surface area contributed by atoms with Crippen LogP contribution in [-0.4, -0.2) is 49.7 Å². The van der Waals surface area contributed by atoms with Crippen LogP contribution < -0.4 is 5.32 Å². The van der Waals surface area contributed by atoms with Gasteiger partial charge >= 0.3 is 0 Å². The molecule has 0 aromatic heterocycles. The number of hydrogen-bond acceptors (Lipinski definition) is 4. The number of hydrogen-bond donors (Lipinski definition) is 1. The molecule has 4 rings (SSSR count). The Bertz CT molecular complexity index is 1050. The lowest BCUT2D eigenvalue weighted by Gasteiger charge is -2.31. The van der Waals surface area contributed by atoms with Crippen LogP contribution in [-0.2, 0) is 27.9 Å². The van der Waals surface area contributed by atoms with E-state index in [9.17, 15) is 13.2 Å². The first-order chi connectivity index (χ1) is 15.9. The zero-order chi connectivity index (χ0) is 23.3. The fraction of sp³-hybridized carbons (Fsp3) is 0.480. The van der Waals surface area contributed by atoms with Gasteiger partial charge in [0.15, 0.2) is 0 Å². The predicted octanol–water partition coefficient (Wildman–Crippen LogP) is 4.04. The second kappa shape index (κ2) is 11.0. The summed E-state index contributed by atoms with van der Waals surface area (Å²) in [7, 11) is -3.65. The Labute approximate surface area is 202 Å². The van der Waals surface area contributed by atoms with E-state index in [1.807, 2.05) is 12.1 Å². The van der Waals surface area contributed by atoms with Gasteiger partial charge in [0.2, 0.25) is 15.9 Å². The van der Waals surface area contributed by atoms with Gasteiger partial charge in [0.1, 0.15) is 0 Å². The topological polar surface area (TPSA) is 69.7 Å². The number of nitrogens with zero attached hydrogens (tertiary/aromatic N) is 2. The first kappa shape index (κ1) is 24.2. The smallest absolute Gasteiger partial charge is 0.243 e. The van der Waals surface area contributed by atoms with Crippen molar-refractivity contribution in [3.8, 4) is 0 Å². The summed E-state index contributed by atoms with van der Waals surface area (Å²) in [5.74, 6) is -0.436. The van der Waals surface area contributed by atoms with Crippen LogP contribution in [0.5, 0.6) is 0 Å². The SMILES string of the molecule is O=C(NCc1ccccc1CN1CCCCC1)[C@@H]1CCCN(S(=O)(=O)c2ccc(Cl)cc2)C1. The number of likely N-dealkylation sites (tertiary alicyclic amines) is 1. The maximum Gasteiger partial charge on any atom is 0.243 e. The van der Waals surface area contributed by atoms with Crippen LogP contribution in [0.3, 0.4) is 0 Å². The molecule has 2 aromatic rings. The summed E-state index contributed by atoms with van der Waals surface area (Å²) >= 11 is 5.90. The summed E-state index contributed by atoms with van der Waals surface area (Å²) in [5.41, 5.74) is 2.37. The van der Waals surface area contributed by atoms with Gasteiger partial charge in [-0.3, -0.25) is 9.69 Å². The summed E-state index contributed by atoms with van der Waals surface area (Å²) in [5, 5.41) is 3.56. The number of benzene rings is 2. The van der Waals surface area contributed by atoms with E-state index in [1.54, 1.807) is 12.1 Å². The molecule has 6 nitrogen and oxygen atoms in total. The van der Waals surface area contributed by atoms with Crippen LogP contribution >= 0.6 is 11.6 Å². The number of amides is 1. The van der Waals surface area contributed by atoms with E-state index >= 15 is 0 Å². The molecule has 2 fully saturated rings. The van der Waals surface area contributed by atoms with Crippen LogP contribution in [0.2, 0.25) is 5.02 Å². The van der Waals surface area contributed by atoms with E-state index < -0.39 is 10.0 Å². The van der Waals surface area contributed by atoms with Crippen molar-refractivity contribution >= 4 is 27.5 Å². The van der Waals surface area contributed by atoms with Gasteiger partial charge in [0, 0.05) is 31.2 Å². The highest BCUT2D eigenvalue weighted by Crippen LogP contribution is 2.25. The van der Waals surface area contributed by atoms with Crippen molar-refractivity contribution in [3.05, 3.63) is 64.7 Å². The average Bonchev–Trinajstić information content (AvgIpc) is 2.84. The van der Waals surface area contributed by atoms with Crippen molar-refractivity contribution in [2.45, 2.75) is 50.1 Å². The standard InChI is InChI=1S/C25H32ClN3O3S/c26-23-10-12-24(13-11-23)33(31,32)29-16-6-9-22(19-29)25(30)27-17-20-7-2-3-8-21(20)18-28-14-4-1-5-15-28/h2-3,7-8,10-13,22H,1,4-6,9,14-19H2,(H,27,30)/t22-/m1/s1. The largest absolute Gasteiger partial charge is 0.352 e. The van der Waals surface area contributed by atoms with E-state index in [1.165, 1.54) is 41.3 Å². The summed E-state index contributed by atoms with van der Waals surface area (Å²) in [6, 6.07) is 14.4. The van der Waals surface area contributed by atoms with E-state index in [-0.39, 0.29) is 23.3 Å². The first-order valence-electron chi connectivity index (χ1n) is 11.8. The molecule has 0 bridgehead atoms. The van der Waals surface area contributed by atoms with E-state index in [4.69, 9.17) is 11.6 Å². The minimum absolute atomic E-state index is 0.0845. The lowest BCUT2D eigenvalue weighted by molar-refractivity contribution is -0.126. The molecular weight excluding hydrogens is 458 g/mol. The summed E-state index contributed by atoms with van der Waals surface area (Å²) < 4.78 is 27.5. The maximum absolute atomic E-state index is 13.0. The molecule has 1 atom stereocenters. The second-order valence-electron chi connectivity index (χ2n) is 8.98.